The molecule has 29 heteroatoms. The minimum Gasteiger partial charge on any atom is -0.460 e. The third-order valence-electron chi connectivity index (χ3n) is 28.4. The van der Waals surface area contributed by atoms with E-state index in [2.05, 4.69) is 142 Å². The van der Waals surface area contributed by atoms with Crippen molar-refractivity contribution in [1.82, 2.24) is 0 Å². The van der Waals surface area contributed by atoms with Gasteiger partial charge in [-0.05, 0) is 130 Å². The number of aliphatic hydroxyl groups is 2. The summed E-state index contributed by atoms with van der Waals surface area (Å²) in [5.74, 6) is -0.0274. The molecule has 1 aromatic rings. The Balaban J connectivity index is 0.00000154. The number of quaternary nitrogens is 13. The van der Waals surface area contributed by atoms with Crippen LogP contribution in [0.5, 0.6) is 0 Å². The number of nitrogens with one attached hydrogen (secondary N) is 13. The Hall–Kier alpha value is -3.74. The van der Waals surface area contributed by atoms with Gasteiger partial charge in [0, 0.05) is 38.2 Å². The van der Waals surface area contributed by atoms with Gasteiger partial charge >= 0.3 is 23.9 Å². The van der Waals surface area contributed by atoms with Gasteiger partial charge in [0.25, 0.3) is 0 Å². The lowest BCUT2D eigenvalue weighted by Gasteiger charge is -2.33. The van der Waals surface area contributed by atoms with Crippen molar-refractivity contribution in [3.63, 3.8) is 0 Å². The molecule has 0 radical (unpaired) electrons. The van der Waals surface area contributed by atoms with Crippen LogP contribution >= 0.6 is 0 Å². The number of aliphatic hydroxyl groups excluding tert-OH is 2. The van der Waals surface area contributed by atoms with Crippen molar-refractivity contribution >= 4 is 23.9 Å². The molecule has 12 rings (SSSR count). The number of hydrogen-bond acceptors (Lipinski definition) is 16. The van der Waals surface area contributed by atoms with Crippen LogP contribution in [-0.4, -0.2) is 405 Å². The predicted molar refractivity (Wildman–Crippen MR) is 578 cm³/mol. The summed E-state index contributed by atoms with van der Waals surface area (Å²) < 4.78 is 52.0. The topological polar surface area (TPSA) is 259 Å². The van der Waals surface area contributed by atoms with E-state index in [-0.39, 0.29) is 35.9 Å². The van der Waals surface area contributed by atoms with E-state index in [9.17, 15) is 19.2 Å². The molecule has 2 saturated carbocycles. The van der Waals surface area contributed by atoms with Crippen molar-refractivity contribution in [2.24, 2.45) is 5.92 Å². The van der Waals surface area contributed by atoms with Gasteiger partial charge in [0.05, 0.1) is 239 Å². The van der Waals surface area contributed by atoms with Crippen molar-refractivity contribution in [2.75, 3.05) is 358 Å². The van der Waals surface area contributed by atoms with E-state index in [4.69, 9.17) is 57.6 Å². The summed E-state index contributed by atoms with van der Waals surface area (Å²) in [7, 11) is 17.2. The first-order valence-electron chi connectivity index (χ1n) is 59.1. The van der Waals surface area contributed by atoms with Gasteiger partial charge in [0.2, 0.25) is 0 Å². The van der Waals surface area contributed by atoms with E-state index in [0.29, 0.717) is 45.9 Å². The van der Waals surface area contributed by atoms with Crippen LogP contribution in [0.1, 0.15) is 299 Å². The number of rotatable bonds is 42. The van der Waals surface area contributed by atoms with Crippen LogP contribution in [0.15, 0.2) is 30.3 Å². The first kappa shape index (κ1) is 138. The van der Waals surface area contributed by atoms with E-state index in [1.165, 1.54) is 292 Å². The second kappa shape index (κ2) is 103. The monoisotopic (exact) mass is 2040 g/mol. The highest BCUT2D eigenvalue weighted by molar-refractivity contribution is 5.72. The van der Waals surface area contributed by atoms with E-state index >= 15 is 0 Å². The molecule has 15 N–H and O–H groups in total. The number of ether oxygens (including phenoxy) is 10. The standard InChI is InChI=1S/C15H29NO3.C13H23NO3.C13H25NO3.C12H27N.C11H21N.C9H13N.C8H15NO3.C6H13NO2.C6H13NO.C6H13N.C6H15N.C5H11NO.C3H9N/c1-2-3-4-5-6-7-8-15(17)19-14-11-16-9-12-18-13-10-16;15-13(12-4-2-1-3-5-12)17-11-8-14-6-9-16-10-7-14;1-2-3-4-5-6-13(15)17-12-9-14-7-10-16-11-8-14;1-4-7-10-13(11-8-5-2)12-9-6-3;1-3-7-11(8-4-1)12-9-5-2-6-10-12;1-10(2)8-9-6-4-3-5-7-9;1-8(10)12-7-4-9-2-5-11-6-3-9;8-4-1-7-2-5-9-6-3-7;1-7-4-2-6(8)3-5-7;1-7-5-3-2-4-6-7;1-4-7(5-2)6-3;1-6-2-4-7-5-3-6;1-4(2)3/h2-14H2,1H3;12H,1-11H2;2-12H2,1H3;4-12H2,1-3H3;11H,1-10H2;3-7H,8H2,1-2H3;2-7H2,1H3;8H,1-6H2;6,8H,2-5H2,1H3;2-6H2,1H3;4-6H2,1-3H3;2-5H2,1H3;1-3H3/p+13. The van der Waals surface area contributed by atoms with E-state index in [1.807, 2.05) is 9.80 Å². The Bertz CT molecular complexity index is 2700. The molecule has 29 nitrogen and oxygen atoms in total. The molecular weight excluding hydrogens is 1800 g/mol. The lowest BCUT2D eigenvalue weighted by molar-refractivity contribution is -0.931. The number of benzene rings is 1. The minimum atomic E-state index is -0.192. The summed E-state index contributed by atoms with van der Waals surface area (Å²) in [6, 6.07) is 11.6. The molecule has 9 heterocycles. The molecule has 0 unspecified atom stereocenters. The number of carbonyl (C=O) groups is 4. The van der Waals surface area contributed by atoms with Gasteiger partial charge in [0.1, 0.15) is 144 Å². The quantitative estimate of drug-likeness (QED) is 0.0184. The van der Waals surface area contributed by atoms with Gasteiger partial charge in [-0.25, -0.2) is 0 Å². The molecule has 840 valence electrons. The first-order valence-corrected chi connectivity index (χ1v) is 59.1. The summed E-state index contributed by atoms with van der Waals surface area (Å²) in [5.41, 5.74) is 1.41. The van der Waals surface area contributed by atoms with E-state index < -0.39 is 0 Å². The third kappa shape index (κ3) is 91.3. The van der Waals surface area contributed by atoms with Crippen LogP contribution in [0.2, 0.25) is 0 Å². The Morgan fingerprint density at radius 1 is 0.352 bits per heavy atom. The molecular formula is C113H240N13O16+13. The highest BCUT2D eigenvalue weighted by Gasteiger charge is 2.28. The average Bonchev–Trinajstić information content (AvgIpc) is 0.883. The van der Waals surface area contributed by atoms with Crippen LogP contribution in [0.25, 0.3) is 0 Å². The number of likely N-dealkylation sites (N-methyl/N-ethyl adjacent to an activating group) is 1. The fourth-order valence-electron chi connectivity index (χ4n) is 18.6. The molecule has 142 heavy (non-hydrogen) atoms. The third-order valence-corrected chi connectivity index (χ3v) is 28.4. The number of esters is 4. The Morgan fingerprint density at radius 3 is 0.993 bits per heavy atom. The van der Waals surface area contributed by atoms with Gasteiger partial charge < -0.3 is 121 Å². The lowest BCUT2D eigenvalue weighted by atomic mass is 9.89. The zero-order valence-electron chi connectivity index (χ0n) is 95.9. The Labute approximate surface area is 872 Å². The highest BCUT2D eigenvalue weighted by Crippen LogP contribution is 2.24. The van der Waals surface area contributed by atoms with Crippen molar-refractivity contribution < 1.29 is 140 Å². The molecule has 0 bridgehead atoms. The normalized spacial score (nSPS) is 19.8. The molecule has 2 aliphatic carbocycles. The number of hydrogen-bond donors (Lipinski definition) is 15. The van der Waals surface area contributed by atoms with Crippen molar-refractivity contribution in [3.05, 3.63) is 35.9 Å². The van der Waals surface area contributed by atoms with Crippen molar-refractivity contribution in [3.8, 4) is 0 Å². The van der Waals surface area contributed by atoms with Crippen LogP contribution in [-0.2, 0) is 73.1 Å². The smallest absolute Gasteiger partial charge is 0.309 e. The second-order valence-electron chi connectivity index (χ2n) is 42.5. The zero-order valence-corrected chi connectivity index (χ0v) is 95.9. The number of likely N-dealkylation sites (tertiary alicyclic amines) is 3. The number of carbonyl (C=O) groups excluding carboxylic acids is 4. The van der Waals surface area contributed by atoms with Crippen molar-refractivity contribution in [2.45, 2.75) is 312 Å². The maximum Gasteiger partial charge on any atom is 0.309 e. The zero-order chi connectivity index (χ0) is 104. The molecule has 11 fully saturated rings. The maximum atomic E-state index is 11.8. The van der Waals surface area contributed by atoms with Gasteiger partial charge in [-0.2, -0.15) is 0 Å². The summed E-state index contributed by atoms with van der Waals surface area (Å²) in [6.45, 7) is 66.7. The fraction of sp³-hybridized carbons (Fsp3) is 0.912. The molecule has 0 spiro atoms. The van der Waals surface area contributed by atoms with E-state index in [1.54, 1.807) is 19.6 Å². The predicted octanol–water partition coefficient (Wildman–Crippen LogP) is -2.45. The molecule has 9 aliphatic heterocycles. The fourth-order valence-corrected chi connectivity index (χ4v) is 18.6. The van der Waals surface area contributed by atoms with Gasteiger partial charge in [0.15, 0.2) is 0 Å². The number of morpholine rings is 6. The first-order chi connectivity index (χ1) is 69.0. The summed E-state index contributed by atoms with van der Waals surface area (Å²) >= 11 is 0. The van der Waals surface area contributed by atoms with Crippen LogP contribution in [0, 0.1) is 5.92 Å². The maximum absolute atomic E-state index is 11.8. The SMILES string of the molecule is C1CCC([NH+]2CCCCC2)CC1.CC(=O)OCC[NH+]1CCOCC1.CCCCCCC(=O)OCC[NH+]1CCOCC1.CCCCCCCCC(=O)OCC[NH+]1CCOCC1.CCCC[NH+](CCCC)CCCC.CC[NH+](CC)CC.C[NH+](C)C.C[NH+](C)Cc1ccccc1.C[NH+]1CCC(O)CC1.C[NH+]1CCCCC1.C[NH+]1CCOCC1.O=C(OCC[NH+]1CCOCC1)C1CCCCC1.OCC[NH+]1CCOCC1. The van der Waals surface area contributed by atoms with E-state index in [0.717, 1.165) is 254 Å². The number of piperidine rings is 3. The molecule has 0 aromatic heterocycles. The molecule has 9 saturated heterocycles. The highest BCUT2D eigenvalue weighted by atomic mass is 16.5. The average molecular weight is 2040 g/mol. The Morgan fingerprint density at radius 2 is 0.669 bits per heavy atom. The largest absolute Gasteiger partial charge is 0.460 e. The molecule has 11 aliphatic rings. The van der Waals surface area contributed by atoms with Gasteiger partial charge in [-0.1, -0.05) is 161 Å². The summed E-state index contributed by atoms with van der Waals surface area (Å²) in [4.78, 5) is 65.7. The molecule has 0 atom stereocenters. The van der Waals surface area contributed by atoms with Crippen LogP contribution in [0.4, 0.5) is 0 Å². The van der Waals surface area contributed by atoms with Gasteiger partial charge in [-0.3, -0.25) is 19.2 Å². The number of unbranched alkanes of at least 4 members (excludes halogenated alkanes) is 11. The molecule has 0 amide bonds. The van der Waals surface area contributed by atoms with Crippen molar-refractivity contribution in [1.29, 1.82) is 0 Å². The second-order valence-corrected chi connectivity index (χ2v) is 42.5. The van der Waals surface area contributed by atoms with Gasteiger partial charge in [-0.15, -0.1) is 0 Å². The molecule has 1 aromatic carbocycles. The van der Waals surface area contributed by atoms with Crippen LogP contribution in [0.3, 0.4) is 0 Å². The lowest BCUT2D eigenvalue weighted by Crippen LogP contribution is -3.16. The minimum absolute atomic E-state index is 0.00120. The summed E-state index contributed by atoms with van der Waals surface area (Å²) in [5, 5.41) is 17.6. The Kier molecular flexibility index (Phi) is 100. The van der Waals surface area contributed by atoms with Crippen LogP contribution < -0.4 is 63.7 Å². The summed E-state index contributed by atoms with van der Waals surface area (Å²) in [6.07, 6.45) is 45.3.